The van der Waals surface area contributed by atoms with Gasteiger partial charge in [0.2, 0.25) is 21.9 Å². The molecule has 0 aliphatic carbocycles. The van der Waals surface area contributed by atoms with E-state index in [0.29, 0.717) is 22.0 Å². The molecule has 0 saturated heterocycles. The number of nitrogens with one attached hydrogen (secondary N) is 1. The van der Waals surface area contributed by atoms with Gasteiger partial charge >= 0.3 is 0 Å². The normalized spacial score (nSPS) is 10.9. The van der Waals surface area contributed by atoms with Crippen LogP contribution in [-0.2, 0) is 16.6 Å². The summed E-state index contributed by atoms with van der Waals surface area (Å²) in [4.78, 5) is 20.5. The van der Waals surface area contributed by atoms with Crippen LogP contribution in [0.4, 0.5) is 11.5 Å². The van der Waals surface area contributed by atoms with Gasteiger partial charge in [0.25, 0.3) is 5.91 Å². The second-order valence-electron chi connectivity index (χ2n) is 7.75. The van der Waals surface area contributed by atoms with Crippen LogP contribution in [-0.4, -0.2) is 38.5 Å². The summed E-state index contributed by atoms with van der Waals surface area (Å²) in [6.07, 6.45) is 0. The molecule has 196 valence electrons. The summed E-state index contributed by atoms with van der Waals surface area (Å²) in [5.74, 6) is 0.205. The van der Waals surface area contributed by atoms with Crippen LogP contribution >= 0.6 is 11.6 Å². The van der Waals surface area contributed by atoms with Gasteiger partial charge in [-0.3, -0.25) is 4.79 Å². The van der Waals surface area contributed by atoms with Gasteiger partial charge < -0.3 is 29.2 Å². The summed E-state index contributed by atoms with van der Waals surface area (Å²) in [6, 6.07) is 20.8. The van der Waals surface area contributed by atoms with Crippen LogP contribution in [0, 0.1) is 0 Å². The van der Waals surface area contributed by atoms with Gasteiger partial charge in [-0.15, -0.1) is 0 Å². The Balaban J connectivity index is 1.41. The van der Waals surface area contributed by atoms with Crippen molar-refractivity contribution in [3.8, 4) is 17.6 Å². The smallest absolute Gasteiger partial charge is 0.255 e. The van der Waals surface area contributed by atoms with Crippen LogP contribution in [0.2, 0.25) is 5.02 Å². The van der Waals surface area contributed by atoms with Gasteiger partial charge in [-0.2, -0.15) is 4.98 Å². The van der Waals surface area contributed by atoms with Crippen molar-refractivity contribution >= 4 is 39.0 Å². The lowest BCUT2D eigenvalue weighted by Gasteiger charge is -2.17. The van der Waals surface area contributed by atoms with Crippen molar-refractivity contribution in [2.24, 2.45) is 0 Å². The molecule has 0 bridgehead atoms. The molecule has 0 atom stereocenters. The Morgan fingerprint density at radius 2 is 1.71 bits per heavy atom. The molecule has 38 heavy (non-hydrogen) atoms. The number of hydrogen-bond acceptors (Lipinski definition) is 8. The first-order valence-corrected chi connectivity index (χ1v) is 12.9. The molecule has 4 rings (SSSR count). The minimum atomic E-state index is -4.11. The lowest BCUT2D eigenvalue weighted by Crippen LogP contribution is -2.12. The molecule has 0 aliphatic heterocycles. The zero-order chi connectivity index (χ0) is 27.1. The molecule has 0 aliphatic rings. The van der Waals surface area contributed by atoms with E-state index in [1.807, 2.05) is 6.07 Å². The quantitative estimate of drug-likeness (QED) is 0.277. The third-order valence-corrected chi connectivity index (χ3v) is 6.61. The minimum Gasteiger partial charge on any atom is -0.489 e. The average molecular weight is 554 g/mol. The molecule has 1 N–H and O–H groups in total. The van der Waals surface area contributed by atoms with E-state index in [1.54, 1.807) is 42.5 Å². The van der Waals surface area contributed by atoms with Crippen LogP contribution in [0.1, 0.15) is 15.9 Å². The second-order valence-corrected chi connectivity index (χ2v) is 9.79. The standard InChI is InChI=1S/C26H23ClN4O6S/c1-35-24-15-23(29-26(30-24)36-2)31-38(33,34)22-11-9-20(10-12-22)28-25(32)18-6-3-5-17(13-18)16-37-21-8-4-7-19(27)14-21/h3-15H,16H2,1-2H3,(H2,28,29,30,31,32)/p-1. The Labute approximate surface area is 224 Å². The monoisotopic (exact) mass is 553 g/mol. The third kappa shape index (κ3) is 6.90. The van der Waals surface area contributed by atoms with E-state index in [9.17, 15) is 13.2 Å². The molecule has 0 saturated carbocycles. The fourth-order valence-corrected chi connectivity index (χ4v) is 4.36. The lowest BCUT2D eigenvalue weighted by atomic mass is 10.1. The number of carbonyl (C=O) groups is 1. The molecule has 1 heterocycles. The predicted octanol–water partition coefficient (Wildman–Crippen LogP) is 5.37. The van der Waals surface area contributed by atoms with E-state index in [2.05, 4.69) is 20.0 Å². The molecule has 1 aromatic heterocycles. The van der Waals surface area contributed by atoms with E-state index in [1.165, 1.54) is 44.6 Å². The molecule has 3 aromatic carbocycles. The van der Waals surface area contributed by atoms with Crippen molar-refractivity contribution in [1.29, 1.82) is 0 Å². The first-order valence-electron chi connectivity index (χ1n) is 11.1. The first kappa shape index (κ1) is 26.7. The van der Waals surface area contributed by atoms with Gasteiger partial charge in [0, 0.05) is 22.3 Å². The molecular weight excluding hydrogens is 532 g/mol. The average Bonchev–Trinajstić information content (AvgIpc) is 2.92. The number of carbonyl (C=O) groups excluding carboxylic acids is 1. The predicted molar refractivity (Wildman–Crippen MR) is 142 cm³/mol. The Morgan fingerprint density at radius 3 is 2.42 bits per heavy atom. The first-order chi connectivity index (χ1) is 18.3. The Bertz CT molecular complexity index is 1530. The van der Waals surface area contributed by atoms with Crippen molar-refractivity contribution in [3.63, 3.8) is 0 Å². The maximum Gasteiger partial charge on any atom is 0.255 e. The Morgan fingerprint density at radius 1 is 0.947 bits per heavy atom. The molecule has 4 aromatic rings. The van der Waals surface area contributed by atoms with Crippen LogP contribution < -0.4 is 19.5 Å². The van der Waals surface area contributed by atoms with E-state index in [4.69, 9.17) is 25.8 Å². The van der Waals surface area contributed by atoms with Crippen LogP contribution in [0.3, 0.4) is 0 Å². The summed E-state index contributed by atoms with van der Waals surface area (Å²) in [6.45, 7) is 0.252. The molecule has 0 fully saturated rings. The van der Waals surface area contributed by atoms with Crippen LogP contribution in [0.25, 0.3) is 4.72 Å². The largest absolute Gasteiger partial charge is 0.489 e. The van der Waals surface area contributed by atoms with E-state index < -0.39 is 10.0 Å². The molecule has 1 amide bonds. The summed E-state index contributed by atoms with van der Waals surface area (Å²) in [5.41, 5.74) is 1.61. The molecule has 0 radical (unpaired) electrons. The highest BCUT2D eigenvalue weighted by molar-refractivity contribution is 7.94. The number of benzene rings is 3. The fourth-order valence-electron chi connectivity index (χ4n) is 3.25. The van der Waals surface area contributed by atoms with Gasteiger partial charge in [-0.1, -0.05) is 29.8 Å². The van der Waals surface area contributed by atoms with Crippen LogP contribution in [0.5, 0.6) is 17.6 Å². The number of nitrogens with zero attached hydrogens (tertiary/aromatic N) is 3. The van der Waals surface area contributed by atoms with Gasteiger partial charge in [0.1, 0.15) is 12.4 Å². The van der Waals surface area contributed by atoms with E-state index in [-0.39, 0.29) is 35.1 Å². The maximum absolute atomic E-state index is 12.8. The number of ether oxygens (including phenoxy) is 3. The number of halogens is 1. The second kappa shape index (κ2) is 11.8. The van der Waals surface area contributed by atoms with Gasteiger partial charge in [0.15, 0.2) is 0 Å². The van der Waals surface area contributed by atoms with E-state index in [0.717, 1.165) is 5.56 Å². The molecule has 0 unspecified atom stereocenters. The van der Waals surface area contributed by atoms with Crippen molar-refractivity contribution < 1.29 is 27.4 Å². The SMILES string of the molecule is COc1cc([N-]S(=O)(=O)c2ccc(NC(=O)c3cccc(COc4cccc(Cl)c4)c3)cc2)nc(OC)n1. The Kier molecular flexibility index (Phi) is 8.29. The molecule has 12 heteroatoms. The number of methoxy groups -OCH3 is 2. The highest BCUT2D eigenvalue weighted by Gasteiger charge is 2.13. The number of sulfonamides is 1. The Hall–Kier alpha value is -4.35. The number of hydrogen-bond donors (Lipinski definition) is 1. The van der Waals surface area contributed by atoms with Crippen molar-refractivity contribution in [3.05, 3.63) is 99.7 Å². The summed E-state index contributed by atoms with van der Waals surface area (Å²) < 4.78 is 44.9. The van der Waals surface area contributed by atoms with Crippen molar-refractivity contribution in [1.82, 2.24) is 9.97 Å². The molecule has 10 nitrogen and oxygen atoms in total. The van der Waals surface area contributed by atoms with Crippen molar-refractivity contribution in [2.45, 2.75) is 11.5 Å². The van der Waals surface area contributed by atoms with E-state index >= 15 is 0 Å². The zero-order valence-electron chi connectivity index (χ0n) is 20.3. The number of rotatable bonds is 10. The third-order valence-electron chi connectivity index (χ3n) is 5.07. The minimum absolute atomic E-state index is 0.0866. The summed E-state index contributed by atoms with van der Waals surface area (Å²) >= 11 is 5.98. The highest BCUT2D eigenvalue weighted by atomic mass is 35.5. The summed E-state index contributed by atoms with van der Waals surface area (Å²) in [7, 11) is -1.40. The number of amides is 1. The van der Waals surface area contributed by atoms with Crippen molar-refractivity contribution in [2.75, 3.05) is 19.5 Å². The highest BCUT2D eigenvalue weighted by Crippen LogP contribution is 2.30. The van der Waals surface area contributed by atoms with Gasteiger partial charge in [0.05, 0.1) is 19.1 Å². The molecular formula is C26H22ClN4O6S-. The number of anilines is 1. The molecule has 0 spiro atoms. The fraction of sp³-hybridized carbons (Fsp3) is 0.115. The lowest BCUT2D eigenvalue weighted by molar-refractivity contribution is 0.102. The van der Waals surface area contributed by atoms with Crippen LogP contribution in [0.15, 0.2) is 83.8 Å². The van der Waals surface area contributed by atoms with Gasteiger partial charge in [-0.05, 0) is 66.0 Å². The number of aromatic nitrogens is 2. The zero-order valence-corrected chi connectivity index (χ0v) is 21.9. The van der Waals surface area contributed by atoms with Gasteiger partial charge in [-0.25, -0.2) is 8.42 Å². The maximum atomic E-state index is 12.8. The topological polar surface area (TPSA) is 131 Å². The summed E-state index contributed by atoms with van der Waals surface area (Å²) in [5, 5.41) is 3.32.